The number of nitrogens with zero attached hydrogens (tertiary/aromatic N) is 1. The zero-order valence-corrected chi connectivity index (χ0v) is 21.3. The van der Waals surface area contributed by atoms with Crippen LogP contribution in [0.15, 0.2) is 84.9 Å². The van der Waals surface area contributed by atoms with E-state index < -0.39 is 42.1 Å². The second kappa shape index (κ2) is 12.5. The molecule has 10 heteroatoms. The molecule has 1 heterocycles. The van der Waals surface area contributed by atoms with Gasteiger partial charge in [0.05, 0.1) is 18.4 Å². The minimum Gasteiger partial charge on any atom is -0.455 e. The summed E-state index contributed by atoms with van der Waals surface area (Å²) in [6.07, 6.45) is -0.146. The second-order valence-electron chi connectivity index (χ2n) is 9.05. The highest BCUT2D eigenvalue weighted by Gasteiger charge is 2.37. The van der Waals surface area contributed by atoms with Gasteiger partial charge in [-0.1, -0.05) is 60.7 Å². The number of hydrogen-bond donors (Lipinski definition) is 3. The van der Waals surface area contributed by atoms with Gasteiger partial charge in [0.2, 0.25) is 11.8 Å². The molecule has 1 fully saturated rings. The van der Waals surface area contributed by atoms with E-state index in [1.807, 2.05) is 60.7 Å². The third-order valence-corrected chi connectivity index (χ3v) is 6.07. The Morgan fingerprint density at radius 3 is 1.92 bits per heavy atom. The molecule has 1 aliphatic heterocycles. The Kier molecular flexibility index (Phi) is 8.67. The van der Waals surface area contributed by atoms with Crippen LogP contribution >= 0.6 is 0 Å². The number of hydrogen-bond acceptors (Lipinski definition) is 6. The van der Waals surface area contributed by atoms with E-state index in [2.05, 4.69) is 16.1 Å². The first kappa shape index (κ1) is 27.1. The summed E-state index contributed by atoms with van der Waals surface area (Å²) in [6, 6.07) is 24.8. The fourth-order valence-corrected chi connectivity index (χ4v) is 4.25. The quantitative estimate of drug-likeness (QED) is 0.366. The molecule has 1 aliphatic rings. The van der Waals surface area contributed by atoms with Crippen molar-refractivity contribution in [2.24, 2.45) is 5.92 Å². The van der Waals surface area contributed by atoms with Crippen LogP contribution in [0.4, 0.5) is 11.4 Å². The van der Waals surface area contributed by atoms with Crippen molar-refractivity contribution in [3.8, 4) is 0 Å². The predicted molar refractivity (Wildman–Crippen MR) is 143 cm³/mol. The largest absolute Gasteiger partial charge is 0.455 e. The van der Waals surface area contributed by atoms with Crippen LogP contribution in [-0.4, -0.2) is 47.8 Å². The molecule has 200 valence electrons. The molecule has 0 unspecified atom stereocenters. The van der Waals surface area contributed by atoms with Gasteiger partial charge in [-0.2, -0.15) is 0 Å². The Morgan fingerprint density at radius 1 is 0.846 bits per heavy atom. The van der Waals surface area contributed by atoms with Crippen LogP contribution in [0.1, 0.15) is 30.4 Å². The molecule has 4 rings (SSSR count). The lowest BCUT2D eigenvalue weighted by molar-refractivity contribution is -0.151. The molecule has 10 nitrogen and oxygen atoms in total. The maximum absolute atomic E-state index is 13.3. The highest BCUT2D eigenvalue weighted by Crippen LogP contribution is 2.26. The summed E-state index contributed by atoms with van der Waals surface area (Å²) in [5.74, 6) is -3.78. The Bertz CT molecular complexity index is 1310. The first-order chi connectivity index (χ1) is 18.8. The summed E-state index contributed by atoms with van der Waals surface area (Å²) in [4.78, 5) is 61.8. The van der Waals surface area contributed by atoms with Gasteiger partial charge in [-0.3, -0.25) is 34.4 Å². The van der Waals surface area contributed by atoms with Gasteiger partial charge >= 0.3 is 5.97 Å². The van der Waals surface area contributed by atoms with Crippen molar-refractivity contribution in [3.05, 3.63) is 96.1 Å². The maximum atomic E-state index is 13.3. The molecule has 3 N–H and O–H groups in total. The number of hydrazine groups is 1. The number of anilines is 2. The smallest absolute Gasteiger partial charge is 0.311 e. The third-order valence-electron chi connectivity index (χ3n) is 6.07. The van der Waals surface area contributed by atoms with Gasteiger partial charge < -0.3 is 15.4 Å². The fourth-order valence-electron chi connectivity index (χ4n) is 4.25. The molecular formula is C29H28N4O6. The number of carbonyl (C=O) groups is 5. The Labute approximate surface area is 225 Å². The number of nitrogens with one attached hydrogen (secondary N) is 3. The fraction of sp³-hybridized carbons (Fsp3) is 0.207. The van der Waals surface area contributed by atoms with E-state index in [0.717, 1.165) is 16.1 Å². The molecule has 3 aromatic rings. The SMILES string of the molecule is CC(=O)Nc1ccc(NC(=O)COC(=O)[C@@H]2CC(=O)N(NC(=O)C(c3ccccc3)c3ccccc3)C2)cc1. The van der Waals surface area contributed by atoms with Crippen LogP contribution in [0.3, 0.4) is 0 Å². The Hall–Kier alpha value is -4.99. The number of rotatable bonds is 9. The molecule has 4 amide bonds. The average molecular weight is 529 g/mol. The summed E-state index contributed by atoms with van der Waals surface area (Å²) in [5.41, 5.74) is 5.22. The Morgan fingerprint density at radius 2 is 1.38 bits per heavy atom. The average Bonchev–Trinajstić information content (AvgIpc) is 3.29. The first-order valence-electron chi connectivity index (χ1n) is 12.3. The minimum absolute atomic E-state index is 0.0636. The number of esters is 1. The first-order valence-corrected chi connectivity index (χ1v) is 12.3. The summed E-state index contributed by atoms with van der Waals surface area (Å²) < 4.78 is 5.12. The van der Waals surface area contributed by atoms with Crippen LogP contribution in [-0.2, 0) is 28.7 Å². The minimum atomic E-state index is -0.825. The van der Waals surface area contributed by atoms with E-state index in [1.54, 1.807) is 24.3 Å². The topological polar surface area (TPSA) is 134 Å². The van der Waals surface area contributed by atoms with Gasteiger partial charge in [-0.25, -0.2) is 0 Å². The maximum Gasteiger partial charge on any atom is 0.311 e. The van der Waals surface area contributed by atoms with E-state index in [1.165, 1.54) is 6.92 Å². The van der Waals surface area contributed by atoms with Gasteiger partial charge in [0, 0.05) is 24.7 Å². The highest BCUT2D eigenvalue weighted by atomic mass is 16.5. The van der Waals surface area contributed by atoms with E-state index in [-0.39, 0.29) is 18.9 Å². The number of benzene rings is 3. The van der Waals surface area contributed by atoms with E-state index in [0.29, 0.717) is 11.4 Å². The van der Waals surface area contributed by atoms with Crippen LogP contribution in [0.25, 0.3) is 0 Å². The normalized spacial score (nSPS) is 14.6. The van der Waals surface area contributed by atoms with Gasteiger partial charge in [0.25, 0.3) is 11.8 Å². The van der Waals surface area contributed by atoms with Crippen molar-refractivity contribution < 1.29 is 28.7 Å². The second-order valence-corrected chi connectivity index (χ2v) is 9.05. The molecular weight excluding hydrogens is 500 g/mol. The van der Waals surface area contributed by atoms with Gasteiger partial charge in [-0.05, 0) is 35.4 Å². The van der Waals surface area contributed by atoms with Gasteiger partial charge in [0.15, 0.2) is 6.61 Å². The van der Waals surface area contributed by atoms with Crippen LogP contribution in [0.2, 0.25) is 0 Å². The third kappa shape index (κ3) is 7.29. The highest BCUT2D eigenvalue weighted by molar-refractivity contribution is 5.95. The summed E-state index contributed by atoms with van der Waals surface area (Å²) in [7, 11) is 0. The van der Waals surface area contributed by atoms with Crippen molar-refractivity contribution in [1.29, 1.82) is 0 Å². The Balaban J connectivity index is 1.30. The van der Waals surface area contributed by atoms with Crippen molar-refractivity contribution in [2.75, 3.05) is 23.8 Å². The van der Waals surface area contributed by atoms with Crippen LogP contribution in [0, 0.1) is 5.92 Å². The zero-order chi connectivity index (χ0) is 27.8. The van der Waals surface area contributed by atoms with E-state index >= 15 is 0 Å². The molecule has 0 radical (unpaired) electrons. The molecule has 1 saturated heterocycles. The molecule has 1 atom stereocenters. The lowest BCUT2D eigenvalue weighted by Gasteiger charge is -2.23. The molecule has 0 bridgehead atoms. The van der Waals surface area contributed by atoms with E-state index in [9.17, 15) is 24.0 Å². The summed E-state index contributed by atoms with van der Waals surface area (Å²) in [6.45, 7) is 0.792. The lowest BCUT2D eigenvalue weighted by atomic mass is 9.91. The molecule has 39 heavy (non-hydrogen) atoms. The van der Waals surface area contributed by atoms with Crippen molar-refractivity contribution >= 4 is 41.0 Å². The van der Waals surface area contributed by atoms with Gasteiger partial charge in [-0.15, -0.1) is 0 Å². The standard InChI is InChI=1S/C29H28N4O6/c1-19(34)30-23-12-14-24(15-13-23)31-25(35)18-39-29(38)22-16-26(36)33(17-22)32-28(37)27(20-8-4-2-5-9-20)21-10-6-3-7-11-21/h2-15,22,27H,16-18H2,1H3,(H,30,34)(H,31,35)(H,32,37)/t22-/m1/s1. The van der Waals surface area contributed by atoms with Crippen molar-refractivity contribution in [3.63, 3.8) is 0 Å². The summed E-state index contributed by atoms with van der Waals surface area (Å²) >= 11 is 0. The molecule has 3 aromatic carbocycles. The lowest BCUT2D eigenvalue weighted by Crippen LogP contribution is -2.45. The monoisotopic (exact) mass is 528 g/mol. The molecule has 0 aromatic heterocycles. The van der Waals surface area contributed by atoms with Crippen LogP contribution < -0.4 is 16.1 Å². The molecule has 0 spiro atoms. The number of amides is 4. The number of carbonyl (C=O) groups excluding carboxylic acids is 5. The van der Waals surface area contributed by atoms with Crippen molar-refractivity contribution in [2.45, 2.75) is 19.3 Å². The van der Waals surface area contributed by atoms with Crippen LogP contribution in [0.5, 0.6) is 0 Å². The molecule has 0 saturated carbocycles. The zero-order valence-electron chi connectivity index (χ0n) is 21.3. The van der Waals surface area contributed by atoms with Gasteiger partial charge in [0.1, 0.15) is 0 Å². The van der Waals surface area contributed by atoms with E-state index in [4.69, 9.17) is 4.74 Å². The predicted octanol–water partition coefficient (Wildman–Crippen LogP) is 2.84. The van der Waals surface area contributed by atoms with Crippen molar-refractivity contribution in [1.82, 2.24) is 10.4 Å². The number of ether oxygens (including phenoxy) is 1. The molecule has 0 aliphatic carbocycles. The summed E-state index contributed by atoms with van der Waals surface area (Å²) in [5, 5.41) is 6.34.